The highest BCUT2D eigenvalue weighted by molar-refractivity contribution is 5.05. The minimum absolute atomic E-state index is 0.932. The maximum absolute atomic E-state index is 9.68. The highest BCUT2D eigenvalue weighted by atomic mass is 16.4. The largest absolute Gasteiger partial charge is 0.390 e. The average molecular weight is 219 g/mol. The molecule has 8 nitrogen and oxygen atoms in total. The molecule has 1 saturated carbocycles. The van der Waals surface area contributed by atoms with Gasteiger partial charge in [-0.2, -0.15) is 0 Å². The van der Waals surface area contributed by atoms with E-state index in [9.17, 15) is 25.5 Å². The number of nitrogens with zero attached hydrogens (tertiary/aromatic N) is 3. The van der Waals surface area contributed by atoms with Gasteiger partial charge in [0.25, 0.3) is 0 Å². The molecule has 0 heterocycles. The standard InChI is InChI=1S/C7H13N3O5/c1-2-3(11)4(12)6(14)7(15,5(2)13)9-10-8/h2-6,11-15H,1H3/t2-,3-,4+,5+,6-,7+/m1/s1. The zero-order valence-corrected chi connectivity index (χ0v) is 7.96. The molecule has 1 fully saturated rings. The molecule has 1 aliphatic rings. The fraction of sp³-hybridized carbons (Fsp3) is 1.00. The number of hydrogen-bond acceptors (Lipinski definition) is 6. The Morgan fingerprint density at radius 2 is 1.67 bits per heavy atom. The zero-order chi connectivity index (χ0) is 11.8. The summed E-state index contributed by atoms with van der Waals surface area (Å²) >= 11 is 0. The smallest absolute Gasteiger partial charge is 0.198 e. The van der Waals surface area contributed by atoms with Gasteiger partial charge in [-0.1, -0.05) is 12.0 Å². The van der Waals surface area contributed by atoms with Gasteiger partial charge >= 0.3 is 0 Å². The van der Waals surface area contributed by atoms with Crippen molar-refractivity contribution in [2.45, 2.75) is 37.1 Å². The first-order chi connectivity index (χ1) is 6.86. The molecule has 1 aliphatic carbocycles. The SMILES string of the molecule is C[C@@H]1[C@@H](O)[C@H](O)[C@@H](O)[C@](O)(N=[N+]=[N-])[C@H]1O. The molecule has 86 valence electrons. The first-order valence-corrected chi connectivity index (χ1v) is 4.37. The maximum atomic E-state index is 9.68. The number of aliphatic hydroxyl groups excluding tert-OH is 4. The Labute approximate surface area is 85.0 Å². The number of hydrogen-bond donors (Lipinski definition) is 5. The van der Waals surface area contributed by atoms with Crippen LogP contribution in [0.5, 0.6) is 0 Å². The monoisotopic (exact) mass is 219 g/mol. The third-order valence-corrected chi connectivity index (χ3v) is 2.79. The van der Waals surface area contributed by atoms with Crippen LogP contribution in [0, 0.1) is 5.92 Å². The van der Waals surface area contributed by atoms with E-state index in [2.05, 4.69) is 10.0 Å². The second kappa shape index (κ2) is 3.93. The summed E-state index contributed by atoms with van der Waals surface area (Å²) in [6.07, 6.45) is -6.67. The van der Waals surface area contributed by atoms with Crippen LogP contribution >= 0.6 is 0 Å². The fourth-order valence-electron chi connectivity index (χ4n) is 1.69. The summed E-state index contributed by atoms with van der Waals surface area (Å²) in [7, 11) is 0. The molecule has 5 N–H and O–H groups in total. The first-order valence-electron chi connectivity index (χ1n) is 4.37. The molecule has 0 unspecified atom stereocenters. The third kappa shape index (κ3) is 1.67. The summed E-state index contributed by atoms with van der Waals surface area (Å²) in [6, 6.07) is 0. The molecule has 15 heavy (non-hydrogen) atoms. The van der Waals surface area contributed by atoms with E-state index in [1.165, 1.54) is 6.92 Å². The van der Waals surface area contributed by atoms with Crippen molar-refractivity contribution in [1.29, 1.82) is 0 Å². The summed E-state index contributed by atoms with van der Waals surface area (Å²) in [5.41, 5.74) is 5.67. The lowest BCUT2D eigenvalue weighted by Crippen LogP contribution is -2.67. The van der Waals surface area contributed by atoms with E-state index >= 15 is 0 Å². The van der Waals surface area contributed by atoms with Crippen molar-refractivity contribution in [3.8, 4) is 0 Å². The topological polar surface area (TPSA) is 150 Å². The molecule has 6 atom stereocenters. The normalized spacial score (nSPS) is 50.9. The number of rotatable bonds is 1. The van der Waals surface area contributed by atoms with E-state index in [1.54, 1.807) is 0 Å². The van der Waals surface area contributed by atoms with Crippen LogP contribution in [0.3, 0.4) is 0 Å². The molecule has 1 rings (SSSR count). The van der Waals surface area contributed by atoms with Crippen molar-refractivity contribution in [2.75, 3.05) is 0 Å². The second-order valence-corrected chi connectivity index (χ2v) is 3.70. The number of aliphatic hydroxyl groups is 5. The van der Waals surface area contributed by atoms with Gasteiger partial charge in [0.2, 0.25) is 0 Å². The molecule has 0 aromatic carbocycles. The van der Waals surface area contributed by atoms with Crippen LogP contribution in [-0.4, -0.2) is 55.7 Å². The van der Waals surface area contributed by atoms with Gasteiger partial charge in [0, 0.05) is 10.8 Å². The van der Waals surface area contributed by atoms with E-state index in [4.69, 9.17) is 5.53 Å². The Hall–Kier alpha value is -0.890. The average Bonchev–Trinajstić information content (AvgIpc) is 2.22. The highest BCUT2D eigenvalue weighted by Crippen LogP contribution is 2.34. The fourth-order valence-corrected chi connectivity index (χ4v) is 1.69. The molecular weight excluding hydrogens is 206 g/mol. The van der Waals surface area contributed by atoms with Crippen molar-refractivity contribution in [3.05, 3.63) is 10.4 Å². The van der Waals surface area contributed by atoms with Crippen LogP contribution < -0.4 is 0 Å². The summed E-state index contributed by atoms with van der Waals surface area (Å²) < 4.78 is 0. The molecule has 0 saturated heterocycles. The van der Waals surface area contributed by atoms with E-state index < -0.39 is 36.1 Å². The van der Waals surface area contributed by atoms with Crippen LogP contribution in [0.2, 0.25) is 0 Å². The summed E-state index contributed by atoms with van der Waals surface area (Å²) in [6.45, 7) is 1.35. The predicted molar refractivity (Wildman–Crippen MR) is 47.3 cm³/mol. The number of azide groups is 1. The molecule has 0 aromatic rings. The van der Waals surface area contributed by atoms with E-state index in [-0.39, 0.29) is 0 Å². The van der Waals surface area contributed by atoms with Gasteiger partial charge in [0.05, 0.1) is 12.2 Å². The van der Waals surface area contributed by atoms with E-state index in [1.807, 2.05) is 0 Å². The summed E-state index contributed by atoms with van der Waals surface area (Å²) in [5, 5.41) is 50.2. The first kappa shape index (κ1) is 12.2. The van der Waals surface area contributed by atoms with Crippen molar-refractivity contribution in [3.63, 3.8) is 0 Å². The van der Waals surface area contributed by atoms with Crippen molar-refractivity contribution in [2.24, 2.45) is 11.0 Å². The molecule has 0 spiro atoms. The quantitative estimate of drug-likeness (QED) is 0.198. The molecule has 8 heteroatoms. The lowest BCUT2D eigenvalue weighted by molar-refractivity contribution is -0.248. The molecular formula is C7H13N3O5. The van der Waals surface area contributed by atoms with Gasteiger partial charge in [0.1, 0.15) is 12.2 Å². The lowest BCUT2D eigenvalue weighted by Gasteiger charge is -2.45. The Kier molecular flexibility index (Phi) is 3.19. The maximum Gasteiger partial charge on any atom is 0.198 e. The van der Waals surface area contributed by atoms with Crippen molar-refractivity contribution >= 4 is 0 Å². The molecule has 0 radical (unpaired) electrons. The molecule has 0 bridgehead atoms. The third-order valence-electron chi connectivity index (χ3n) is 2.79. The Bertz CT molecular complexity index is 276. The van der Waals surface area contributed by atoms with Gasteiger partial charge in [-0.25, -0.2) is 0 Å². The van der Waals surface area contributed by atoms with Gasteiger partial charge in [0.15, 0.2) is 5.72 Å². The summed E-state index contributed by atoms with van der Waals surface area (Å²) in [4.78, 5) is 2.29. The second-order valence-electron chi connectivity index (χ2n) is 3.70. The minimum Gasteiger partial charge on any atom is -0.390 e. The molecule has 0 amide bonds. The Morgan fingerprint density at radius 3 is 2.13 bits per heavy atom. The van der Waals surface area contributed by atoms with Crippen LogP contribution in [0.1, 0.15) is 6.92 Å². The lowest BCUT2D eigenvalue weighted by atomic mass is 9.76. The highest BCUT2D eigenvalue weighted by Gasteiger charge is 2.56. The van der Waals surface area contributed by atoms with Gasteiger partial charge < -0.3 is 25.5 Å². The van der Waals surface area contributed by atoms with Gasteiger partial charge in [-0.15, -0.1) is 0 Å². The Morgan fingerprint density at radius 1 is 1.13 bits per heavy atom. The van der Waals surface area contributed by atoms with Crippen LogP contribution in [-0.2, 0) is 0 Å². The molecule has 0 aliphatic heterocycles. The molecule has 0 aromatic heterocycles. The van der Waals surface area contributed by atoms with Gasteiger partial charge in [-0.3, -0.25) is 0 Å². The summed E-state index contributed by atoms with van der Waals surface area (Å²) in [5.74, 6) is -0.932. The van der Waals surface area contributed by atoms with Crippen LogP contribution in [0.25, 0.3) is 10.4 Å². The van der Waals surface area contributed by atoms with E-state index in [0.717, 1.165) is 0 Å². The Balaban J connectivity index is 3.11. The van der Waals surface area contributed by atoms with Crippen molar-refractivity contribution < 1.29 is 25.5 Å². The van der Waals surface area contributed by atoms with Crippen LogP contribution in [0.15, 0.2) is 5.11 Å². The zero-order valence-electron chi connectivity index (χ0n) is 7.96. The van der Waals surface area contributed by atoms with Gasteiger partial charge in [-0.05, 0) is 5.53 Å². The van der Waals surface area contributed by atoms with E-state index in [0.29, 0.717) is 0 Å². The minimum atomic E-state index is -2.52. The predicted octanol–water partition coefficient (Wildman–Crippen LogP) is -1.92. The van der Waals surface area contributed by atoms with Crippen LogP contribution in [0.4, 0.5) is 0 Å². The van der Waals surface area contributed by atoms with Crippen molar-refractivity contribution in [1.82, 2.24) is 0 Å².